The summed E-state index contributed by atoms with van der Waals surface area (Å²) in [5, 5.41) is 6.76. The number of hydrogen-bond acceptors (Lipinski definition) is 6. The molecule has 4 rings (SSSR count). The minimum absolute atomic E-state index is 0.0394. The molecule has 2 aromatic carbocycles. The van der Waals surface area contributed by atoms with Crippen LogP contribution < -0.4 is 4.90 Å². The average molecular weight is 510 g/mol. The highest BCUT2D eigenvalue weighted by Gasteiger charge is 2.25. The normalized spacial score (nSPS) is 14.5. The fourth-order valence-electron chi connectivity index (χ4n) is 3.93. The van der Waals surface area contributed by atoms with E-state index in [0.29, 0.717) is 18.9 Å². The van der Waals surface area contributed by atoms with Gasteiger partial charge in [0.05, 0.1) is 17.3 Å². The Labute approximate surface area is 205 Å². The molecule has 1 saturated heterocycles. The third-order valence-electron chi connectivity index (χ3n) is 5.97. The molecule has 0 saturated carbocycles. The molecule has 0 spiro atoms. The molecule has 0 atom stereocenters. The quantitative estimate of drug-likeness (QED) is 0.362. The van der Waals surface area contributed by atoms with Gasteiger partial charge in [-0.2, -0.15) is 8.78 Å². The fourth-order valence-corrected chi connectivity index (χ4v) is 4.10. The first-order valence-corrected chi connectivity index (χ1v) is 11.4. The van der Waals surface area contributed by atoms with Crippen LogP contribution in [0, 0.1) is 11.6 Å². The Kier molecular flexibility index (Phi) is 7.61. The van der Waals surface area contributed by atoms with Crippen molar-refractivity contribution in [3.8, 4) is 11.5 Å². The van der Waals surface area contributed by atoms with Gasteiger partial charge in [0.15, 0.2) is 5.82 Å². The van der Waals surface area contributed by atoms with Gasteiger partial charge in [-0.1, -0.05) is 37.2 Å². The molecule has 6 nitrogen and oxygen atoms in total. The van der Waals surface area contributed by atoms with Gasteiger partial charge < -0.3 is 19.1 Å². The van der Waals surface area contributed by atoms with E-state index >= 15 is 8.78 Å². The van der Waals surface area contributed by atoms with E-state index < -0.39 is 24.0 Å². The SMILES string of the molecule is C=C(N1CCN(CC)CC1)N(Cc1ccc(-c2nnc(C(F)F)o2)cc1F)c1cccc(Cl)c1F. The zero-order chi connectivity index (χ0) is 25.1. The Hall–Kier alpha value is -3.11. The number of halogens is 5. The van der Waals surface area contributed by atoms with Crippen molar-refractivity contribution in [2.45, 2.75) is 19.9 Å². The number of anilines is 1. The summed E-state index contributed by atoms with van der Waals surface area (Å²) in [5.41, 5.74) is 0.554. The predicted octanol–water partition coefficient (Wildman–Crippen LogP) is 5.72. The highest BCUT2D eigenvalue weighted by Crippen LogP contribution is 2.32. The lowest BCUT2D eigenvalue weighted by molar-refractivity contribution is 0.116. The number of alkyl halides is 2. The molecule has 0 unspecified atom stereocenters. The van der Waals surface area contributed by atoms with Crippen molar-refractivity contribution in [3.05, 3.63) is 76.9 Å². The van der Waals surface area contributed by atoms with E-state index in [2.05, 4.69) is 28.6 Å². The lowest BCUT2D eigenvalue weighted by atomic mass is 10.1. The van der Waals surface area contributed by atoms with Crippen LogP contribution in [0.5, 0.6) is 0 Å². The van der Waals surface area contributed by atoms with E-state index in [1.807, 2.05) is 4.90 Å². The van der Waals surface area contributed by atoms with Crippen molar-refractivity contribution in [2.75, 3.05) is 37.6 Å². The van der Waals surface area contributed by atoms with Gasteiger partial charge in [-0.3, -0.25) is 0 Å². The van der Waals surface area contributed by atoms with Gasteiger partial charge in [0.1, 0.15) is 11.6 Å². The zero-order valence-corrected chi connectivity index (χ0v) is 19.8. The molecule has 0 bridgehead atoms. The summed E-state index contributed by atoms with van der Waals surface area (Å²) in [6.45, 7) is 10.2. The van der Waals surface area contributed by atoms with Crippen LogP contribution in [0.1, 0.15) is 24.8 Å². The lowest BCUT2D eigenvalue weighted by Gasteiger charge is -2.40. The summed E-state index contributed by atoms with van der Waals surface area (Å²) in [5.74, 6) is -1.82. The average Bonchev–Trinajstić information content (AvgIpc) is 3.36. The Morgan fingerprint density at radius 1 is 1.14 bits per heavy atom. The molecule has 0 aliphatic carbocycles. The third-order valence-corrected chi connectivity index (χ3v) is 6.27. The van der Waals surface area contributed by atoms with Crippen LogP contribution in [-0.2, 0) is 6.54 Å². The lowest BCUT2D eigenvalue weighted by Crippen LogP contribution is -2.48. The predicted molar refractivity (Wildman–Crippen MR) is 125 cm³/mol. The Balaban J connectivity index is 1.62. The van der Waals surface area contributed by atoms with Gasteiger partial charge in [0.2, 0.25) is 5.89 Å². The highest BCUT2D eigenvalue weighted by molar-refractivity contribution is 6.31. The summed E-state index contributed by atoms with van der Waals surface area (Å²) in [7, 11) is 0. The van der Waals surface area contributed by atoms with E-state index in [1.54, 1.807) is 17.0 Å². The standard InChI is InChI=1S/C24H24ClF4N5O/c1-3-32-9-11-33(12-10-32)15(2)34(20-6-4-5-18(25)21(20)27)14-17-8-7-16(13-19(17)26)23-30-31-24(35-23)22(28)29/h4-8,13,22H,2-3,9-12,14H2,1H3. The van der Waals surface area contributed by atoms with Crippen molar-refractivity contribution in [1.29, 1.82) is 0 Å². The van der Waals surface area contributed by atoms with Gasteiger partial charge in [-0.25, -0.2) is 8.78 Å². The second-order valence-electron chi connectivity index (χ2n) is 8.05. The Morgan fingerprint density at radius 3 is 2.51 bits per heavy atom. The second-order valence-corrected chi connectivity index (χ2v) is 8.46. The van der Waals surface area contributed by atoms with Crippen molar-refractivity contribution >= 4 is 17.3 Å². The molecule has 3 aromatic rings. The van der Waals surface area contributed by atoms with Gasteiger partial charge >= 0.3 is 6.43 Å². The van der Waals surface area contributed by atoms with Gasteiger partial charge in [0, 0.05) is 37.3 Å². The maximum absolute atomic E-state index is 15.1. The van der Waals surface area contributed by atoms with Crippen molar-refractivity contribution < 1.29 is 22.0 Å². The number of piperazine rings is 1. The monoisotopic (exact) mass is 509 g/mol. The molecule has 1 aromatic heterocycles. The molecular weight excluding hydrogens is 486 g/mol. The molecule has 35 heavy (non-hydrogen) atoms. The minimum Gasteiger partial charge on any atom is -0.415 e. The first kappa shape index (κ1) is 25.0. The molecule has 1 fully saturated rings. The first-order chi connectivity index (χ1) is 16.8. The number of aromatic nitrogens is 2. The molecular formula is C24H24ClF4N5O. The number of nitrogens with zero attached hydrogens (tertiary/aromatic N) is 5. The maximum Gasteiger partial charge on any atom is 0.314 e. The van der Waals surface area contributed by atoms with E-state index in [0.717, 1.165) is 25.7 Å². The largest absolute Gasteiger partial charge is 0.415 e. The van der Waals surface area contributed by atoms with Crippen LogP contribution in [-0.4, -0.2) is 52.7 Å². The summed E-state index contributed by atoms with van der Waals surface area (Å²) in [4.78, 5) is 5.91. The van der Waals surface area contributed by atoms with Crippen LogP contribution in [0.25, 0.3) is 11.5 Å². The second kappa shape index (κ2) is 10.7. The number of rotatable bonds is 8. The summed E-state index contributed by atoms with van der Waals surface area (Å²) in [6, 6.07) is 8.68. The van der Waals surface area contributed by atoms with Crippen LogP contribution in [0.15, 0.2) is 53.2 Å². The smallest absolute Gasteiger partial charge is 0.314 e. The number of hydrogen-bond donors (Lipinski definition) is 0. The summed E-state index contributed by atoms with van der Waals surface area (Å²) in [6.07, 6.45) is -2.92. The zero-order valence-electron chi connectivity index (χ0n) is 19.0. The van der Waals surface area contributed by atoms with Gasteiger partial charge in [0.25, 0.3) is 5.89 Å². The van der Waals surface area contributed by atoms with Crippen LogP contribution in [0.4, 0.5) is 23.2 Å². The third kappa shape index (κ3) is 5.43. The molecule has 0 radical (unpaired) electrons. The Bertz CT molecular complexity index is 1200. The topological polar surface area (TPSA) is 48.6 Å². The van der Waals surface area contributed by atoms with Crippen LogP contribution in [0.3, 0.4) is 0 Å². The highest BCUT2D eigenvalue weighted by atomic mass is 35.5. The van der Waals surface area contributed by atoms with Crippen molar-refractivity contribution in [1.82, 2.24) is 20.0 Å². The molecule has 1 aliphatic rings. The maximum atomic E-state index is 15.1. The molecule has 11 heteroatoms. The molecule has 0 amide bonds. The molecule has 1 aliphatic heterocycles. The molecule has 186 valence electrons. The number of likely N-dealkylation sites (N-methyl/N-ethyl adjacent to an activating group) is 1. The summed E-state index contributed by atoms with van der Waals surface area (Å²) >= 11 is 6.03. The van der Waals surface area contributed by atoms with E-state index in [-0.39, 0.29) is 34.3 Å². The minimum atomic E-state index is -2.92. The van der Waals surface area contributed by atoms with E-state index in [4.69, 9.17) is 16.0 Å². The van der Waals surface area contributed by atoms with Crippen LogP contribution >= 0.6 is 11.6 Å². The van der Waals surface area contributed by atoms with Crippen molar-refractivity contribution in [3.63, 3.8) is 0 Å². The fraction of sp³-hybridized carbons (Fsp3) is 0.333. The number of benzene rings is 2. The summed E-state index contributed by atoms with van der Waals surface area (Å²) < 4.78 is 60.5. The van der Waals surface area contributed by atoms with E-state index in [9.17, 15) is 8.78 Å². The molecule has 2 heterocycles. The van der Waals surface area contributed by atoms with E-state index in [1.165, 1.54) is 18.2 Å². The van der Waals surface area contributed by atoms with Crippen LogP contribution in [0.2, 0.25) is 5.02 Å². The van der Waals surface area contributed by atoms with Crippen molar-refractivity contribution in [2.24, 2.45) is 0 Å². The van der Waals surface area contributed by atoms with Gasteiger partial charge in [-0.05, 0) is 30.8 Å². The first-order valence-electron chi connectivity index (χ1n) is 11.1. The van der Waals surface area contributed by atoms with Gasteiger partial charge in [-0.15, -0.1) is 10.2 Å². The molecule has 0 N–H and O–H groups in total. The Morgan fingerprint density at radius 2 is 1.89 bits per heavy atom.